The van der Waals surface area contributed by atoms with Crippen LogP contribution >= 0.6 is 0 Å². The number of hydrogen-bond donors (Lipinski definition) is 1. The topological polar surface area (TPSA) is 63.4 Å². The molecule has 1 aromatic carbocycles. The van der Waals surface area contributed by atoms with Crippen molar-refractivity contribution >= 4 is 17.5 Å². The molecule has 0 spiro atoms. The van der Waals surface area contributed by atoms with Gasteiger partial charge in [-0.25, -0.2) is 0 Å². The number of anilines is 1. The highest BCUT2D eigenvalue weighted by atomic mass is 19.4. The third kappa shape index (κ3) is 2.69. The van der Waals surface area contributed by atoms with Gasteiger partial charge in [0.2, 0.25) is 11.8 Å². The van der Waals surface area contributed by atoms with E-state index in [0.717, 1.165) is 11.0 Å². The molecule has 19 heavy (non-hydrogen) atoms. The van der Waals surface area contributed by atoms with Gasteiger partial charge in [0, 0.05) is 18.5 Å². The SMILES string of the molecule is Nc1ccc(CN2C(=O)CCC2=O)c(C(F)(F)F)c1. The normalized spacial score (nSPS) is 16.3. The summed E-state index contributed by atoms with van der Waals surface area (Å²) in [5.41, 5.74) is 4.27. The summed E-state index contributed by atoms with van der Waals surface area (Å²) in [7, 11) is 0. The average molecular weight is 272 g/mol. The van der Waals surface area contributed by atoms with E-state index >= 15 is 0 Å². The molecule has 2 rings (SSSR count). The third-order valence-corrected chi connectivity index (χ3v) is 2.92. The molecule has 1 heterocycles. The number of amides is 2. The van der Waals surface area contributed by atoms with Crippen molar-refractivity contribution in [3.63, 3.8) is 0 Å². The number of benzene rings is 1. The van der Waals surface area contributed by atoms with Crippen LogP contribution in [-0.2, 0) is 22.3 Å². The first-order valence-electron chi connectivity index (χ1n) is 5.58. The van der Waals surface area contributed by atoms with Crippen molar-refractivity contribution in [1.82, 2.24) is 4.90 Å². The largest absolute Gasteiger partial charge is 0.416 e. The van der Waals surface area contributed by atoms with Crippen molar-refractivity contribution in [2.45, 2.75) is 25.6 Å². The molecular weight excluding hydrogens is 261 g/mol. The van der Waals surface area contributed by atoms with Crippen LogP contribution in [0.15, 0.2) is 18.2 Å². The zero-order chi connectivity index (χ0) is 14.2. The number of hydrogen-bond acceptors (Lipinski definition) is 3. The number of rotatable bonds is 2. The minimum Gasteiger partial charge on any atom is -0.399 e. The number of carbonyl (C=O) groups excluding carboxylic acids is 2. The molecule has 2 N–H and O–H groups in total. The van der Waals surface area contributed by atoms with Gasteiger partial charge in [-0.2, -0.15) is 13.2 Å². The van der Waals surface area contributed by atoms with E-state index in [1.54, 1.807) is 0 Å². The lowest BCUT2D eigenvalue weighted by atomic mass is 10.1. The van der Waals surface area contributed by atoms with Crippen LogP contribution in [0.2, 0.25) is 0 Å². The van der Waals surface area contributed by atoms with Crippen molar-refractivity contribution in [2.24, 2.45) is 0 Å². The molecule has 7 heteroatoms. The standard InChI is InChI=1S/C12H11F3N2O2/c13-12(14,15)9-5-8(16)2-1-7(9)6-17-10(18)3-4-11(17)19/h1-2,5H,3-4,6,16H2. The van der Waals surface area contributed by atoms with E-state index in [0.29, 0.717) is 0 Å². The number of carbonyl (C=O) groups is 2. The van der Waals surface area contributed by atoms with Crippen LogP contribution in [-0.4, -0.2) is 16.7 Å². The predicted molar refractivity (Wildman–Crippen MR) is 60.6 cm³/mol. The molecule has 0 atom stereocenters. The first kappa shape index (κ1) is 13.4. The zero-order valence-corrected chi connectivity index (χ0v) is 9.83. The van der Waals surface area contributed by atoms with Crippen LogP contribution in [0.3, 0.4) is 0 Å². The minimum atomic E-state index is -4.57. The summed E-state index contributed by atoms with van der Waals surface area (Å²) < 4.78 is 38.6. The van der Waals surface area contributed by atoms with Gasteiger partial charge >= 0.3 is 6.18 Å². The van der Waals surface area contributed by atoms with Gasteiger partial charge in [-0.3, -0.25) is 14.5 Å². The van der Waals surface area contributed by atoms with Gasteiger partial charge in [-0.1, -0.05) is 6.07 Å². The van der Waals surface area contributed by atoms with Gasteiger partial charge in [0.25, 0.3) is 0 Å². The molecule has 0 aromatic heterocycles. The molecule has 0 aliphatic carbocycles. The van der Waals surface area contributed by atoms with E-state index in [1.807, 2.05) is 0 Å². The van der Waals surface area contributed by atoms with Gasteiger partial charge in [0.15, 0.2) is 0 Å². The number of alkyl halides is 3. The molecule has 0 bridgehead atoms. The minimum absolute atomic E-state index is 0.0184. The van der Waals surface area contributed by atoms with E-state index < -0.39 is 23.6 Å². The number of halogens is 3. The Kier molecular flexibility index (Phi) is 3.21. The van der Waals surface area contributed by atoms with Crippen LogP contribution in [0.25, 0.3) is 0 Å². The Morgan fingerprint density at radius 1 is 1.16 bits per heavy atom. The van der Waals surface area contributed by atoms with Crippen molar-refractivity contribution in [3.8, 4) is 0 Å². The van der Waals surface area contributed by atoms with Gasteiger partial charge < -0.3 is 5.73 Å². The number of nitrogen functional groups attached to an aromatic ring is 1. The lowest BCUT2D eigenvalue weighted by Crippen LogP contribution is -2.29. The highest BCUT2D eigenvalue weighted by Crippen LogP contribution is 2.34. The number of imide groups is 1. The van der Waals surface area contributed by atoms with Crippen LogP contribution in [0.1, 0.15) is 24.0 Å². The van der Waals surface area contributed by atoms with Crippen LogP contribution in [0, 0.1) is 0 Å². The summed E-state index contributed by atoms with van der Waals surface area (Å²) in [5.74, 6) is -0.898. The maximum absolute atomic E-state index is 12.9. The van der Waals surface area contributed by atoms with Crippen molar-refractivity contribution < 1.29 is 22.8 Å². The first-order valence-corrected chi connectivity index (χ1v) is 5.58. The molecule has 4 nitrogen and oxygen atoms in total. The Balaban J connectivity index is 2.35. The second kappa shape index (κ2) is 4.56. The highest BCUT2D eigenvalue weighted by molar-refractivity contribution is 6.01. The van der Waals surface area contributed by atoms with Crippen molar-refractivity contribution in [1.29, 1.82) is 0 Å². The Labute approximate surface area is 107 Å². The van der Waals surface area contributed by atoms with E-state index in [2.05, 4.69) is 0 Å². The molecule has 1 fully saturated rings. The van der Waals surface area contributed by atoms with Crippen molar-refractivity contribution in [3.05, 3.63) is 29.3 Å². The lowest BCUT2D eigenvalue weighted by molar-refractivity contribution is -0.142. The molecule has 1 aromatic rings. The summed E-state index contributed by atoms with van der Waals surface area (Å²) in [4.78, 5) is 23.7. The molecule has 0 radical (unpaired) electrons. The second-order valence-corrected chi connectivity index (χ2v) is 4.29. The smallest absolute Gasteiger partial charge is 0.399 e. The fourth-order valence-electron chi connectivity index (χ4n) is 1.97. The Hall–Kier alpha value is -2.05. The number of nitrogens with two attached hydrogens (primary N) is 1. The first-order chi connectivity index (χ1) is 8.79. The van der Waals surface area contributed by atoms with E-state index in [1.165, 1.54) is 12.1 Å². The van der Waals surface area contributed by atoms with Gasteiger partial charge in [-0.15, -0.1) is 0 Å². The number of likely N-dealkylation sites (tertiary alicyclic amines) is 1. The quantitative estimate of drug-likeness (QED) is 0.661. The van der Waals surface area contributed by atoms with Crippen LogP contribution in [0.5, 0.6) is 0 Å². The molecule has 1 aliphatic heterocycles. The lowest BCUT2D eigenvalue weighted by Gasteiger charge is -2.18. The maximum atomic E-state index is 12.9. The van der Waals surface area contributed by atoms with E-state index in [4.69, 9.17) is 5.73 Å². The molecule has 0 unspecified atom stereocenters. The fourth-order valence-corrected chi connectivity index (χ4v) is 1.97. The summed E-state index contributed by atoms with van der Waals surface area (Å²) in [6.45, 7) is -0.368. The van der Waals surface area contributed by atoms with E-state index in [-0.39, 0.29) is 30.6 Å². The number of nitrogens with zero attached hydrogens (tertiary/aromatic N) is 1. The molecule has 2 amide bonds. The van der Waals surface area contributed by atoms with Crippen LogP contribution < -0.4 is 5.73 Å². The third-order valence-electron chi connectivity index (χ3n) is 2.92. The highest BCUT2D eigenvalue weighted by Gasteiger charge is 2.36. The Bertz CT molecular complexity index is 524. The van der Waals surface area contributed by atoms with Gasteiger partial charge in [-0.05, 0) is 17.7 Å². The molecule has 1 saturated heterocycles. The summed E-state index contributed by atoms with van der Waals surface area (Å²) in [6.07, 6.45) is -4.47. The van der Waals surface area contributed by atoms with E-state index in [9.17, 15) is 22.8 Å². The average Bonchev–Trinajstić information content (AvgIpc) is 2.61. The second-order valence-electron chi connectivity index (χ2n) is 4.29. The molecule has 102 valence electrons. The van der Waals surface area contributed by atoms with Gasteiger partial charge in [0.05, 0.1) is 12.1 Å². The molecular formula is C12H11F3N2O2. The predicted octanol–water partition coefficient (Wildman–Crippen LogP) is 1.94. The van der Waals surface area contributed by atoms with Crippen LogP contribution in [0.4, 0.5) is 18.9 Å². The Morgan fingerprint density at radius 3 is 2.26 bits per heavy atom. The zero-order valence-electron chi connectivity index (χ0n) is 9.83. The summed E-state index contributed by atoms with van der Waals surface area (Å²) in [6, 6.07) is 3.31. The van der Waals surface area contributed by atoms with Gasteiger partial charge in [0.1, 0.15) is 0 Å². The summed E-state index contributed by atoms with van der Waals surface area (Å²) in [5, 5.41) is 0. The fraction of sp³-hybridized carbons (Fsp3) is 0.333. The molecule has 1 aliphatic rings. The monoisotopic (exact) mass is 272 g/mol. The maximum Gasteiger partial charge on any atom is 0.416 e. The Morgan fingerprint density at radius 2 is 1.74 bits per heavy atom. The molecule has 0 saturated carbocycles. The van der Waals surface area contributed by atoms with Crippen molar-refractivity contribution in [2.75, 3.05) is 5.73 Å². The summed E-state index contributed by atoms with van der Waals surface area (Å²) >= 11 is 0.